The molecule has 6 aliphatic heterocycles. The molecule has 6 fully saturated rings. The van der Waals surface area contributed by atoms with Crippen LogP contribution in [0.5, 0.6) is 0 Å². The van der Waals surface area contributed by atoms with E-state index in [4.69, 9.17) is 53.1 Å². The van der Waals surface area contributed by atoms with Crippen molar-refractivity contribution in [2.75, 3.05) is 75.8 Å². The Hall–Kier alpha value is -9.23. The van der Waals surface area contributed by atoms with Crippen molar-refractivity contribution in [3.8, 4) is 0 Å². The number of aliphatic hydroxyl groups excluding tert-OH is 2. The van der Waals surface area contributed by atoms with Crippen molar-refractivity contribution in [3.63, 3.8) is 0 Å². The number of benzene rings is 2. The summed E-state index contributed by atoms with van der Waals surface area (Å²) in [5, 5.41) is 24.9. The van der Waals surface area contributed by atoms with Crippen molar-refractivity contribution in [3.05, 3.63) is 122 Å². The molecule has 92 heavy (non-hydrogen) atoms. The van der Waals surface area contributed by atoms with E-state index in [2.05, 4.69) is 55.5 Å². The number of H-pyrrole nitrogens is 3. The molecular weight excluding hydrogens is 1210 g/mol. The normalized spacial score (nSPS) is 27.6. The number of carbonyl (C=O) groups is 4. The molecule has 2 amide bonds. The lowest BCUT2D eigenvalue weighted by molar-refractivity contribution is -0.193. The first-order chi connectivity index (χ1) is 44.3. The summed E-state index contributed by atoms with van der Waals surface area (Å²) in [6, 6.07) is 19.4. The molecule has 8 aromatic rings. The molecule has 12 heterocycles. The minimum Gasteiger partial charge on any atom is -0.463 e. The van der Waals surface area contributed by atoms with Crippen LogP contribution in [0.4, 0.5) is 17.8 Å². The van der Waals surface area contributed by atoms with Crippen molar-refractivity contribution >= 4 is 75.1 Å². The zero-order valence-corrected chi connectivity index (χ0v) is 49.9. The number of hydrogen-bond acceptors (Lipinski definition) is 26. The molecule has 12 atom stereocenters. The van der Waals surface area contributed by atoms with Gasteiger partial charge in [0, 0.05) is 27.7 Å². The number of rotatable bonds is 16. The van der Waals surface area contributed by atoms with E-state index in [1.165, 1.54) is 46.7 Å². The van der Waals surface area contributed by atoms with Crippen molar-refractivity contribution in [2.45, 2.75) is 94.7 Å². The van der Waals surface area contributed by atoms with Crippen LogP contribution in [0.25, 0.3) is 33.5 Å². The summed E-state index contributed by atoms with van der Waals surface area (Å²) in [6.07, 6.45) is 0.491. The molecule has 0 spiro atoms. The fourth-order valence-electron chi connectivity index (χ4n) is 12.4. The minimum absolute atomic E-state index is 0.000438. The standard InChI is InChI=1S/2C23H25N5O7.C12H15N5O5/c1-13(29)25-22-26-19-17(20(31)27-22)28(12-24-19)21-16-9-32-10-23(35-21,11-34-14(2)30)18(16)33-8-15-6-4-3-5-7-15;1-13(29)25-22-26-19-17(20(31)27-22)24-12-28(19)21-16-9-32-10-23(35-21,11-34-14(2)30)18(16)33-8-15-6-4-3-5-7-15;13-11-15-8-6(9(20)16-11)14-4-17(8)10-5-1-21-3-12(2-18,22-10)7(5)19/h2*3-7,12,16,18,21H,8-11H2,1-2H3,(H2,25,26,27,29,31);4-5,7,10,18-19H,1-3H2,(H3,13,15,16,20)/t2*16?,18-,21-,23-;5?,7-,10-,12+/m111/s1. The van der Waals surface area contributed by atoms with Gasteiger partial charge in [0.1, 0.15) is 49.7 Å². The molecule has 14 rings (SSSR count). The minimum atomic E-state index is -1.17. The van der Waals surface area contributed by atoms with Gasteiger partial charge in [0.25, 0.3) is 16.7 Å². The molecule has 6 aromatic heterocycles. The predicted molar refractivity (Wildman–Crippen MR) is 315 cm³/mol. The van der Waals surface area contributed by atoms with Gasteiger partial charge in [0.05, 0.1) is 102 Å². The summed E-state index contributed by atoms with van der Waals surface area (Å²) in [5.41, 5.74) is 3.87. The zero-order chi connectivity index (χ0) is 64.6. The van der Waals surface area contributed by atoms with Gasteiger partial charge in [0.15, 0.2) is 44.7 Å². The first-order valence-electron chi connectivity index (χ1n) is 29.1. The van der Waals surface area contributed by atoms with E-state index >= 15 is 0 Å². The first kappa shape index (κ1) is 62.9. The summed E-state index contributed by atoms with van der Waals surface area (Å²) in [6.45, 7) is 6.73. The Bertz CT molecular complexity index is 4240. The lowest BCUT2D eigenvalue weighted by Gasteiger charge is -2.37. The van der Waals surface area contributed by atoms with Crippen LogP contribution in [-0.2, 0) is 79.8 Å². The summed E-state index contributed by atoms with van der Waals surface area (Å²) < 4.78 is 64.1. The number of aliphatic hydroxyl groups is 2. The fourth-order valence-corrected chi connectivity index (χ4v) is 12.4. The molecule has 2 aromatic carbocycles. The third-order valence-corrected chi connectivity index (χ3v) is 16.5. The predicted octanol–water partition coefficient (Wildman–Crippen LogP) is 0.250. The van der Waals surface area contributed by atoms with Gasteiger partial charge in [-0.25, -0.2) is 15.0 Å². The van der Waals surface area contributed by atoms with E-state index in [0.29, 0.717) is 26.4 Å². The Morgan fingerprint density at radius 2 is 1.04 bits per heavy atom. The summed E-state index contributed by atoms with van der Waals surface area (Å²) in [4.78, 5) is 116. The molecular formula is C58H65N15O19. The molecule has 6 saturated heterocycles. The van der Waals surface area contributed by atoms with E-state index in [0.717, 1.165) is 11.1 Å². The number of hydrogen-bond donors (Lipinski definition) is 8. The number of carbonyl (C=O) groups excluding carboxylic acids is 4. The largest absolute Gasteiger partial charge is 0.463 e. The molecule has 34 heteroatoms. The second kappa shape index (κ2) is 25.8. The summed E-state index contributed by atoms with van der Waals surface area (Å²) in [5.74, 6) is -2.72. The monoisotopic (exact) mass is 1280 g/mol. The number of esters is 2. The van der Waals surface area contributed by atoms with Crippen LogP contribution in [0.3, 0.4) is 0 Å². The Balaban J connectivity index is 0.000000137. The topological polar surface area (TPSA) is 442 Å². The highest BCUT2D eigenvalue weighted by Crippen LogP contribution is 2.50. The second-order valence-corrected chi connectivity index (χ2v) is 23.0. The Morgan fingerprint density at radius 3 is 1.55 bits per heavy atom. The average Bonchev–Trinajstić information content (AvgIpc) is 1.59. The molecule has 486 valence electrons. The maximum absolute atomic E-state index is 12.9. The number of aromatic amines is 3. The van der Waals surface area contributed by atoms with Gasteiger partial charge >= 0.3 is 11.9 Å². The highest BCUT2D eigenvalue weighted by atomic mass is 16.6. The zero-order valence-electron chi connectivity index (χ0n) is 49.9. The van der Waals surface area contributed by atoms with Crippen LogP contribution in [0, 0.1) is 17.8 Å². The Labute approximate surface area is 519 Å². The number of amides is 2. The third kappa shape index (κ3) is 12.3. The summed E-state index contributed by atoms with van der Waals surface area (Å²) >= 11 is 0. The molecule has 34 nitrogen and oxygen atoms in total. The quantitative estimate of drug-likeness (QED) is 0.0601. The number of imidazole rings is 3. The van der Waals surface area contributed by atoms with Crippen molar-refractivity contribution in [2.24, 2.45) is 17.8 Å². The second-order valence-electron chi connectivity index (χ2n) is 23.0. The number of fused-ring (bicyclic) bond motifs is 9. The van der Waals surface area contributed by atoms with Crippen LogP contribution in [0.2, 0.25) is 0 Å². The highest BCUT2D eigenvalue weighted by molar-refractivity contribution is 5.88. The van der Waals surface area contributed by atoms with Crippen LogP contribution in [0.15, 0.2) is 94.0 Å². The molecule has 9 N–H and O–H groups in total. The van der Waals surface area contributed by atoms with Gasteiger partial charge < -0.3 is 63.3 Å². The van der Waals surface area contributed by atoms with Crippen LogP contribution < -0.4 is 33.0 Å². The van der Waals surface area contributed by atoms with Crippen LogP contribution in [0.1, 0.15) is 57.5 Å². The molecule has 3 unspecified atom stereocenters. The van der Waals surface area contributed by atoms with Gasteiger partial charge in [-0.3, -0.25) is 72.8 Å². The number of nitrogen functional groups attached to an aromatic ring is 1. The van der Waals surface area contributed by atoms with Crippen LogP contribution in [-0.4, -0.2) is 187 Å². The van der Waals surface area contributed by atoms with Gasteiger partial charge in [-0.05, 0) is 11.1 Å². The van der Waals surface area contributed by atoms with Crippen molar-refractivity contribution in [1.82, 2.24) is 58.6 Å². The van der Waals surface area contributed by atoms with E-state index < -0.39 is 88.3 Å². The van der Waals surface area contributed by atoms with Crippen molar-refractivity contribution < 1.29 is 76.8 Å². The average molecular weight is 1280 g/mol. The number of nitrogens with two attached hydrogens (primary N) is 1. The maximum atomic E-state index is 12.9. The molecule has 0 aliphatic carbocycles. The number of anilines is 3. The molecule has 0 radical (unpaired) electrons. The number of ether oxygens (including phenoxy) is 10. The lowest BCUT2D eigenvalue weighted by Crippen LogP contribution is -2.54. The van der Waals surface area contributed by atoms with Crippen molar-refractivity contribution in [1.29, 1.82) is 0 Å². The third-order valence-electron chi connectivity index (χ3n) is 16.5. The molecule has 0 saturated carbocycles. The van der Waals surface area contributed by atoms with E-state index in [1.54, 1.807) is 13.7 Å². The number of aromatic nitrogens is 12. The SMILES string of the molecule is CC(=O)Nc1nc2c(ncn2[C@@H]2O[C@@]3(COC(C)=O)COCC2[C@H]3OCc2ccccc2)c(=O)[nH]1.CC(=O)Nc1nc2ncn([C@@H]3O[C@@]4(COC(C)=O)COCC3[C@H]4OCc3ccccc3)c2c(=O)[nH]1.Nc1nc2c(ncn2[C@@H]2O[C@@]3(CO)COCC2[C@H]3O)c(=O)[nH]1. The number of nitrogens with one attached hydrogen (secondary N) is 5. The van der Waals surface area contributed by atoms with E-state index in [-0.39, 0.29) is 121 Å². The maximum Gasteiger partial charge on any atom is 0.302 e. The Kier molecular flexibility index (Phi) is 17.7. The van der Waals surface area contributed by atoms with Crippen LogP contribution >= 0.6 is 0 Å². The number of nitrogens with zero attached hydrogens (tertiary/aromatic N) is 9. The lowest BCUT2D eigenvalue weighted by atomic mass is 9.88. The summed E-state index contributed by atoms with van der Waals surface area (Å²) in [7, 11) is 0. The Morgan fingerprint density at radius 1 is 0.598 bits per heavy atom. The van der Waals surface area contributed by atoms with E-state index in [9.17, 15) is 43.8 Å². The van der Waals surface area contributed by atoms with Gasteiger partial charge in [0.2, 0.25) is 29.7 Å². The first-order valence-corrected chi connectivity index (χ1v) is 29.1. The molecule has 6 bridgehead atoms. The van der Waals surface area contributed by atoms with Gasteiger partial charge in [-0.15, -0.1) is 0 Å². The fraction of sp³-hybridized carbons (Fsp3) is 0.466. The van der Waals surface area contributed by atoms with Gasteiger partial charge in [-0.1, -0.05) is 60.7 Å². The van der Waals surface area contributed by atoms with E-state index in [1.807, 2.05) is 60.7 Å². The molecule has 6 aliphatic rings. The smallest absolute Gasteiger partial charge is 0.302 e. The highest BCUT2D eigenvalue weighted by Gasteiger charge is 2.62. The van der Waals surface area contributed by atoms with Gasteiger partial charge in [-0.2, -0.15) is 15.0 Å².